The highest BCUT2D eigenvalue weighted by atomic mass is 16.1. The van der Waals surface area contributed by atoms with Gasteiger partial charge in [0.25, 0.3) is 5.56 Å². The number of rotatable bonds is 1. The molecule has 1 atom stereocenters. The minimum atomic E-state index is 0.0109. The molecule has 0 saturated carbocycles. The molecule has 1 unspecified atom stereocenters. The van der Waals surface area contributed by atoms with Gasteiger partial charge in [0.05, 0.1) is 23.3 Å². The van der Waals surface area contributed by atoms with Crippen molar-refractivity contribution in [1.29, 1.82) is 0 Å². The van der Waals surface area contributed by atoms with Crippen LogP contribution in [0.25, 0.3) is 10.9 Å². The monoisotopic (exact) mass is 230 g/mol. The molecule has 1 N–H and O–H groups in total. The molecule has 5 nitrogen and oxygen atoms in total. The maximum Gasteiger partial charge on any atom is 0.263 e. The molecule has 0 aliphatic carbocycles. The van der Waals surface area contributed by atoms with Gasteiger partial charge in [0.2, 0.25) is 0 Å². The van der Waals surface area contributed by atoms with E-state index in [-0.39, 0.29) is 11.6 Å². The first-order valence-corrected chi connectivity index (χ1v) is 5.88. The lowest BCUT2D eigenvalue weighted by atomic mass is 10.1. The Bertz CT molecular complexity index is 586. The molecule has 2 aromatic rings. The number of hydrogen-bond acceptors (Lipinski definition) is 4. The minimum Gasteiger partial charge on any atom is -0.315 e. The number of aromatic nitrogens is 3. The van der Waals surface area contributed by atoms with Crippen molar-refractivity contribution in [2.75, 3.05) is 13.1 Å². The topological polar surface area (TPSA) is 59.8 Å². The number of nitrogens with zero attached hydrogens (tertiary/aromatic N) is 3. The van der Waals surface area contributed by atoms with Gasteiger partial charge in [0.1, 0.15) is 0 Å². The Morgan fingerprint density at radius 3 is 3.24 bits per heavy atom. The summed E-state index contributed by atoms with van der Waals surface area (Å²) in [5, 5.41) is 3.90. The SMILES string of the molecule is O=c1c2cnccc2ncn1C1CCCNC1. The molecular formula is C12H14N4O. The van der Waals surface area contributed by atoms with Crippen LogP contribution in [0.1, 0.15) is 18.9 Å². The third-order valence-electron chi connectivity index (χ3n) is 3.25. The smallest absolute Gasteiger partial charge is 0.263 e. The summed E-state index contributed by atoms with van der Waals surface area (Å²) >= 11 is 0. The van der Waals surface area contributed by atoms with Crippen molar-refractivity contribution in [3.63, 3.8) is 0 Å². The molecular weight excluding hydrogens is 216 g/mol. The lowest BCUT2D eigenvalue weighted by Gasteiger charge is -2.24. The zero-order valence-corrected chi connectivity index (χ0v) is 9.47. The van der Waals surface area contributed by atoms with Gasteiger partial charge >= 0.3 is 0 Å². The van der Waals surface area contributed by atoms with Crippen molar-refractivity contribution in [3.05, 3.63) is 35.1 Å². The van der Waals surface area contributed by atoms with Crippen molar-refractivity contribution in [2.24, 2.45) is 0 Å². The number of nitrogens with one attached hydrogen (secondary N) is 1. The van der Waals surface area contributed by atoms with Gasteiger partial charge in [-0.3, -0.25) is 14.3 Å². The van der Waals surface area contributed by atoms with Crippen molar-refractivity contribution < 1.29 is 0 Å². The Kier molecular flexibility index (Phi) is 2.60. The fourth-order valence-electron chi connectivity index (χ4n) is 2.31. The molecule has 3 heterocycles. The van der Waals surface area contributed by atoms with Gasteiger partial charge in [-0.05, 0) is 25.5 Å². The zero-order valence-electron chi connectivity index (χ0n) is 9.47. The first kappa shape index (κ1) is 10.4. The van der Waals surface area contributed by atoms with Gasteiger partial charge in [0, 0.05) is 18.9 Å². The van der Waals surface area contributed by atoms with E-state index < -0.39 is 0 Å². The Labute approximate surface area is 98.5 Å². The van der Waals surface area contributed by atoms with Crippen molar-refractivity contribution in [3.8, 4) is 0 Å². The highest BCUT2D eigenvalue weighted by molar-refractivity contribution is 5.75. The van der Waals surface area contributed by atoms with E-state index in [1.807, 2.05) is 0 Å². The van der Waals surface area contributed by atoms with Crippen LogP contribution in [-0.4, -0.2) is 27.6 Å². The lowest BCUT2D eigenvalue weighted by molar-refractivity contribution is 0.363. The summed E-state index contributed by atoms with van der Waals surface area (Å²) < 4.78 is 1.73. The third kappa shape index (κ3) is 1.82. The fraction of sp³-hybridized carbons (Fsp3) is 0.417. The summed E-state index contributed by atoms with van der Waals surface area (Å²) in [6, 6.07) is 1.98. The van der Waals surface area contributed by atoms with Gasteiger partial charge in [0.15, 0.2) is 0 Å². The highest BCUT2D eigenvalue weighted by Crippen LogP contribution is 2.15. The second kappa shape index (κ2) is 4.25. The predicted octanol–water partition coefficient (Wildman–Crippen LogP) is 0.716. The van der Waals surface area contributed by atoms with Crippen LogP contribution in [0.15, 0.2) is 29.6 Å². The van der Waals surface area contributed by atoms with Crippen LogP contribution < -0.4 is 10.9 Å². The molecule has 1 aliphatic heterocycles. The van der Waals surface area contributed by atoms with Crippen LogP contribution in [0, 0.1) is 0 Å². The maximum atomic E-state index is 12.3. The molecule has 0 aromatic carbocycles. The van der Waals surface area contributed by atoms with Crippen LogP contribution >= 0.6 is 0 Å². The van der Waals surface area contributed by atoms with Crippen LogP contribution in [0.4, 0.5) is 0 Å². The van der Waals surface area contributed by atoms with E-state index >= 15 is 0 Å². The summed E-state index contributed by atoms with van der Waals surface area (Å²) in [7, 11) is 0. The number of piperidine rings is 1. The summed E-state index contributed by atoms with van der Waals surface area (Å²) in [5.41, 5.74) is 0.724. The molecule has 1 saturated heterocycles. The average Bonchev–Trinajstić information content (AvgIpc) is 2.40. The molecule has 2 aromatic heterocycles. The molecule has 3 rings (SSSR count). The minimum absolute atomic E-state index is 0.0109. The normalized spacial score (nSPS) is 20.6. The summed E-state index contributed by atoms with van der Waals surface area (Å²) in [6.07, 6.45) is 7.03. The first-order chi connectivity index (χ1) is 8.36. The Balaban J connectivity index is 2.11. The highest BCUT2D eigenvalue weighted by Gasteiger charge is 2.16. The first-order valence-electron chi connectivity index (χ1n) is 5.88. The molecule has 0 amide bonds. The maximum absolute atomic E-state index is 12.3. The second-order valence-corrected chi connectivity index (χ2v) is 4.35. The molecule has 0 radical (unpaired) electrons. The molecule has 5 heteroatoms. The molecule has 0 bridgehead atoms. The van der Waals surface area contributed by atoms with Gasteiger partial charge in [-0.2, -0.15) is 0 Å². The number of pyridine rings is 1. The lowest BCUT2D eigenvalue weighted by Crippen LogP contribution is -2.36. The Morgan fingerprint density at radius 1 is 1.47 bits per heavy atom. The van der Waals surface area contributed by atoms with Gasteiger partial charge in [-0.1, -0.05) is 0 Å². The average molecular weight is 230 g/mol. The van der Waals surface area contributed by atoms with E-state index in [1.165, 1.54) is 0 Å². The number of fused-ring (bicyclic) bond motifs is 1. The van der Waals surface area contributed by atoms with E-state index in [0.717, 1.165) is 25.9 Å². The van der Waals surface area contributed by atoms with Crippen LogP contribution in [-0.2, 0) is 0 Å². The molecule has 0 spiro atoms. The van der Waals surface area contributed by atoms with E-state index in [1.54, 1.807) is 29.4 Å². The Morgan fingerprint density at radius 2 is 2.41 bits per heavy atom. The molecule has 1 fully saturated rings. The van der Waals surface area contributed by atoms with E-state index in [9.17, 15) is 4.79 Å². The van der Waals surface area contributed by atoms with Gasteiger partial charge in [-0.25, -0.2) is 4.98 Å². The second-order valence-electron chi connectivity index (χ2n) is 4.35. The van der Waals surface area contributed by atoms with Crippen molar-refractivity contribution >= 4 is 10.9 Å². The van der Waals surface area contributed by atoms with Gasteiger partial charge < -0.3 is 5.32 Å². The van der Waals surface area contributed by atoms with Crippen LogP contribution in [0.2, 0.25) is 0 Å². The third-order valence-corrected chi connectivity index (χ3v) is 3.25. The van der Waals surface area contributed by atoms with Crippen LogP contribution in [0.3, 0.4) is 0 Å². The van der Waals surface area contributed by atoms with Crippen LogP contribution in [0.5, 0.6) is 0 Å². The van der Waals surface area contributed by atoms with Crippen molar-refractivity contribution in [2.45, 2.75) is 18.9 Å². The number of hydrogen-bond donors (Lipinski definition) is 1. The van der Waals surface area contributed by atoms with E-state index in [2.05, 4.69) is 15.3 Å². The van der Waals surface area contributed by atoms with E-state index in [0.29, 0.717) is 10.9 Å². The Hall–Kier alpha value is -1.75. The summed E-state index contributed by atoms with van der Waals surface area (Å²) in [4.78, 5) is 20.6. The summed E-state index contributed by atoms with van der Waals surface area (Å²) in [6.45, 7) is 1.88. The zero-order chi connectivity index (χ0) is 11.7. The summed E-state index contributed by atoms with van der Waals surface area (Å²) in [5.74, 6) is 0. The quantitative estimate of drug-likeness (QED) is 0.784. The molecule has 17 heavy (non-hydrogen) atoms. The standard InChI is InChI=1S/C12H14N4O/c17-12-10-7-14-5-3-11(10)15-8-16(12)9-2-1-4-13-6-9/h3,5,7-9,13H,1-2,4,6H2. The largest absolute Gasteiger partial charge is 0.315 e. The van der Waals surface area contributed by atoms with E-state index in [4.69, 9.17) is 0 Å². The van der Waals surface area contributed by atoms with Crippen molar-refractivity contribution in [1.82, 2.24) is 19.9 Å². The molecule has 88 valence electrons. The van der Waals surface area contributed by atoms with Gasteiger partial charge in [-0.15, -0.1) is 0 Å². The fourth-order valence-corrected chi connectivity index (χ4v) is 2.31. The molecule has 1 aliphatic rings. The predicted molar refractivity (Wildman–Crippen MR) is 64.9 cm³/mol.